The van der Waals surface area contributed by atoms with Crippen molar-refractivity contribution >= 4 is 23.2 Å². The molecule has 0 unspecified atom stereocenters. The Hall–Kier alpha value is 0.120. The second-order valence-corrected chi connectivity index (χ2v) is 1.69. The van der Waals surface area contributed by atoms with Crippen LogP contribution >= 0.6 is 23.2 Å². The number of rotatable bonds is 2. The fourth-order valence-corrected chi connectivity index (χ4v) is 0.222. The molecule has 0 spiro atoms. The van der Waals surface area contributed by atoms with E-state index in [4.69, 9.17) is 23.2 Å². The summed E-state index contributed by atoms with van der Waals surface area (Å²) in [6.45, 7) is 1.80. The van der Waals surface area contributed by atoms with Gasteiger partial charge in [-0.05, 0) is 6.92 Å². The molecule has 0 aliphatic rings. The Morgan fingerprint density at radius 2 is 2.14 bits per heavy atom. The van der Waals surface area contributed by atoms with Crippen molar-refractivity contribution in [3.63, 3.8) is 0 Å². The first kappa shape index (κ1) is 7.12. The van der Waals surface area contributed by atoms with E-state index >= 15 is 0 Å². The molecule has 0 aliphatic carbocycles. The summed E-state index contributed by atoms with van der Waals surface area (Å²) >= 11 is 10.1. The van der Waals surface area contributed by atoms with Gasteiger partial charge in [0.25, 0.3) is 0 Å². The molecule has 7 heavy (non-hydrogen) atoms. The third-order valence-electron chi connectivity index (χ3n) is 0.293. The van der Waals surface area contributed by atoms with Crippen molar-refractivity contribution in [2.45, 2.75) is 6.92 Å². The highest BCUT2D eigenvalue weighted by Gasteiger charge is 1.93. The molecule has 0 fully saturated rings. The molecule has 0 aliphatic heterocycles. The van der Waals surface area contributed by atoms with E-state index in [9.17, 15) is 0 Å². The molecule has 1 radical (unpaired) electrons. The molecule has 0 bridgehead atoms. The van der Waals surface area contributed by atoms with Gasteiger partial charge in [-0.25, -0.2) is 0 Å². The van der Waals surface area contributed by atoms with E-state index in [1.165, 1.54) is 6.26 Å². The molecule has 0 aromatic carbocycles. The number of hydrogen-bond donors (Lipinski definition) is 0. The van der Waals surface area contributed by atoms with Crippen LogP contribution in [0.5, 0.6) is 0 Å². The van der Waals surface area contributed by atoms with Crippen LogP contribution in [0, 0.1) is 5.02 Å². The predicted octanol–water partition coefficient (Wildman–Crippen LogP) is 2.46. The summed E-state index contributed by atoms with van der Waals surface area (Å²) in [4.78, 5) is 0. The van der Waals surface area contributed by atoms with Crippen molar-refractivity contribution < 1.29 is 4.74 Å². The number of hydrogen-bond acceptors (Lipinski definition) is 1. The topological polar surface area (TPSA) is 9.23 Å². The first-order chi connectivity index (χ1) is 3.27. The Morgan fingerprint density at radius 1 is 1.57 bits per heavy atom. The third-order valence-corrected chi connectivity index (χ3v) is 0.471. The van der Waals surface area contributed by atoms with E-state index in [2.05, 4.69) is 4.74 Å². The molecule has 0 heterocycles. The van der Waals surface area contributed by atoms with Crippen molar-refractivity contribution in [2.24, 2.45) is 0 Å². The SMILES string of the molecule is C/C=C\O[C](Cl)Cl. The first-order valence-corrected chi connectivity index (χ1v) is 2.48. The summed E-state index contributed by atoms with van der Waals surface area (Å²) < 4.78 is 4.46. The van der Waals surface area contributed by atoms with Gasteiger partial charge < -0.3 is 4.74 Å². The van der Waals surface area contributed by atoms with Gasteiger partial charge in [-0.15, -0.1) is 0 Å². The Labute approximate surface area is 52.9 Å². The van der Waals surface area contributed by atoms with E-state index < -0.39 is 0 Å². The van der Waals surface area contributed by atoms with Crippen molar-refractivity contribution in [3.8, 4) is 0 Å². The van der Waals surface area contributed by atoms with Crippen LogP contribution in [-0.4, -0.2) is 0 Å². The first-order valence-electron chi connectivity index (χ1n) is 1.73. The molecule has 0 saturated heterocycles. The molecule has 0 aromatic rings. The zero-order valence-corrected chi connectivity index (χ0v) is 5.33. The molecule has 0 amide bonds. The smallest absolute Gasteiger partial charge is 0.328 e. The summed E-state index contributed by atoms with van der Waals surface area (Å²) in [5.41, 5.74) is 0. The highest BCUT2D eigenvalue weighted by molar-refractivity contribution is 6.51. The molecule has 1 nitrogen and oxygen atoms in total. The lowest BCUT2D eigenvalue weighted by molar-refractivity contribution is 0.353. The third kappa shape index (κ3) is 6.12. The Balaban J connectivity index is 2.97. The van der Waals surface area contributed by atoms with Gasteiger partial charge in [-0.2, -0.15) is 0 Å². The summed E-state index contributed by atoms with van der Waals surface area (Å²) in [7, 11) is 0. The minimum atomic E-state index is -0.0851. The quantitative estimate of drug-likeness (QED) is 0.535. The lowest BCUT2D eigenvalue weighted by Crippen LogP contribution is -1.73. The van der Waals surface area contributed by atoms with Crippen LogP contribution < -0.4 is 0 Å². The Morgan fingerprint density at radius 3 is 2.29 bits per heavy atom. The molecule has 0 N–H and O–H groups in total. The van der Waals surface area contributed by atoms with Gasteiger partial charge in [0.15, 0.2) is 0 Å². The molecule has 0 atom stereocenters. The zero-order chi connectivity index (χ0) is 5.70. The molecule has 0 aromatic heterocycles. The fraction of sp³-hybridized carbons (Fsp3) is 0.250. The average molecular weight is 140 g/mol. The lowest BCUT2D eigenvalue weighted by atomic mass is 10.7. The van der Waals surface area contributed by atoms with E-state index in [1.807, 2.05) is 0 Å². The van der Waals surface area contributed by atoms with Gasteiger partial charge in [0.2, 0.25) is 0 Å². The van der Waals surface area contributed by atoms with Gasteiger partial charge in [0.05, 0.1) is 6.26 Å². The molecule has 0 rings (SSSR count). The summed E-state index contributed by atoms with van der Waals surface area (Å²) in [5.74, 6) is 0. The van der Waals surface area contributed by atoms with Crippen LogP contribution in [-0.2, 0) is 4.74 Å². The largest absolute Gasteiger partial charge is 0.460 e. The second kappa shape index (κ2) is 4.28. The van der Waals surface area contributed by atoms with Gasteiger partial charge in [0, 0.05) is 0 Å². The van der Waals surface area contributed by atoms with Crippen LogP contribution in [0.4, 0.5) is 0 Å². The van der Waals surface area contributed by atoms with E-state index in [0.29, 0.717) is 0 Å². The van der Waals surface area contributed by atoms with Gasteiger partial charge in [-0.3, -0.25) is 0 Å². The van der Waals surface area contributed by atoms with Gasteiger partial charge in [0.1, 0.15) is 0 Å². The minimum Gasteiger partial charge on any atom is -0.460 e. The van der Waals surface area contributed by atoms with Gasteiger partial charge >= 0.3 is 5.02 Å². The number of allylic oxidation sites excluding steroid dienone is 1. The highest BCUT2D eigenvalue weighted by Crippen LogP contribution is 2.12. The second-order valence-electron chi connectivity index (χ2n) is 0.813. The van der Waals surface area contributed by atoms with Crippen LogP contribution in [0.15, 0.2) is 12.3 Å². The molecular formula is C4H5Cl2O. The molecule has 0 saturated carbocycles. The maximum atomic E-state index is 5.07. The maximum absolute atomic E-state index is 5.07. The van der Waals surface area contributed by atoms with Gasteiger partial charge in [-0.1, -0.05) is 29.3 Å². The van der Waals surface area contributed by atoms with Crippen molar-refractivity contribution in [1.29, 1.82) is 0 Å². The maximum Gasteiger partial charge on any atom is 0.328 e. The van der Waals surface area contributed by atoms with E-state index in [0.717, 1.165) is 0 Å². The number of halogens is 2. The monoisotopic (exact) mass is 139 g/mol. The standard InChI is InChI=1S/C4H5Cl2O/c1-2-3-7-4(5)6/h2-3H,1H3/b3-2-. The fourth-order valence-electron chi connectivity index (χ4n) is 0.119. The summed E-state index contributed by atoms with van der Waals surface area (Å²) in [6, 6.07) is 0. The summed E-state index contributed by atoms with van der Waals surface area (Å²) in [6.07, 6.45) is 3.08. The predicted molar refractivity (Wildman–Crippen MR) is 30.8 cm³/mol. The lowest BCUT2D eigenvalue weighted by Gasteiger charge is -1.92. The zero-order valence-electron chi connectivity index (χ0n) is 3.82. The summed E-state index contributed by atoms with van der Waals surface area (Å²) in [5, 5.41) is -0.0851. The minimum absolute atomic E-state index is 0.0851. The van der Waals surface area contributed by atoms with Crippen LogP contribution in [0.25, 0.3) is 0 Å². The van der Waals surface area contributed by atoms with E-state index in [-0.39, 0.29) is 5.02 Å². The molecule has 3 heteroatoms. The normalized spacial score (nSPS) is 10.9. The Bertz CT molecular complexity index is 60.7. The number of ether oxygens (including phenoxy) is 1. The van der Waals surface area contributed by atoms with E-state index in [1.54, 1.807) is 13.0 Å². The van der Waals surface area contributed by atoms with Crippen LogP contribution in [0.3, 0.4) is 0 Å². The van der Waals surface area contributed by atoms with Crippen LogP contribution in [0.1, 0.15) is 6.92 Å². The van der Waals surface area contributed by atoms with Crippen molar-refractivity contribution in [3.05, 3.63) is 17.4 Å². The van der Waals surface area contributed by atoms with Crippen molar-refractivity contribution in [2.75, 3.05) is 0 Å². The highest BCUT2D eigenvalue weighted by atomic mass is 35.5. The molecule has 41 valence electrons. The van der Waals surface area contributed by atoms with Crippen molar-refractivity contribution in [1.82, 2.24) is 0 Å². The van der Waals surface area contributed by atoms with Crippen LogP contribution in [0.2, 0.25) is 0 Å². The molecular weight excluding hydrogens is 135 g/mol. The Kier molecular flexibility index (Phi) is 4.36. The average Bonchev–Trinajstić information content (AvgIpc) is 1.61.